The Hall–Kier alpha value is -2.38. The number of nitrogens with zero attached hydrogens (tertiary/aromatic N) is 1. The maximum Gasteiger partial charge on any atom is 0.417 e. The number of H-pyrrole nitrogens is 1. The third-order valence-electron chi connectivity index (χ3n) is 2.64. The van der Waals surface area contributed by atoms with Gasteiger partial charge < -0.3 is 4.74 Å². The molecule has 0 aliphatic heterocycles. The molecule has 0 spiro atoms. The fourth-order valence-corrected chi connectivity index (χ4v) is 1.75. The average molecular weight is 302 g/mol. The maximum atomic E-state index is 13.0. The summed E-state index contributed by atoms with van der Waals surface area (Å²) >= 11 is 0. The van der Waals surface area contributed by atoms with Gasteiger partial charge in [-0.3, -0.25) is 5.10 Å². The predicted octanol–water partition coefficient (Wildman–Crippen LogP) is 3.41. The first kappa shape index (κ1) is 15.0. The molecule has 0 saturated heterocycles. The molecule has 0 saturated carbocycles. The van der Waals surface area contributed by atoms with Crippen LogP contribution in [0.25, 0.3) is 11.3 Å². The molecule has 112 valence electrons. The van der Waals surface area contributed by atoms with Crippen molar-refractivity contribution in [1.82, 2.24) is 10.2 Å². The zero-order valence-electron chi connectivity index (χ0n) is 10.8. The van der Waals surface area contributed by atoms with Crippen LogP contribution in [0.1, 0.15) is 23.0 Å². The van der Waals surface area contributed by atoms with Crippen molar-refractivity contribution < 1.29 is 27.1 Å². The molecule has 0 radical (unpaired) electrons. The Labute approximate surface area is 116 Å². The second kappa shape index (κ2) is 5.55. The first-order valence-electron chi connectivity index (χ1n) is 5.92. The molecule has 2 rings (SSSR count). The van der Waals surface area contributed by atoms with Crippen molar-refractivity contribution in [2.24, 2.45) is 0 Å². The second-order valence-electron chi connectivity index (χ2n) is 4.07. The van der Waals surface area contributed by atoms with E-state index in [2.05, 4.69) is 10.2 Å². The number of hydrogen-bond donors (Lipinski definition) is 1. The lowest BCUT2D eigenvalue weighted by molar-refractivity contribution is -0.137. The van der Waals surface area contributed by atoms with Crippen LogP contribution in [-0.4, -0.2) is 22.8 Å². The van der Waals surface area contributed by atoms with Gasteiger partial charge in [0.1, 0.15) is 11.5 Å². The number of aromatic nitrogens is 2. The summed E-state index contributed by atoms with van der Waals surface area (Å²) in [5.74, 6) is -1.74. The van der Waals surface area contributed by atoms with Crippen molar-refractivity contribution >= 4 is 5.97 Å². The van der Waals surface area contributed by atoms with Crippen molar-refractivity contribution in [2.45, 2.75) is 13.1 Å². The fraction of sp³-hybridized carbons (Fsp3) is 0.231. The number of carbonyl (C=O) groups is 1. The predicted molar refractivity (Wildman–Crippen MR) is 64.9 cm³/mol. The molecule has 2 aromatic rings. The molecule has 1 N–H and O–H groups in total. The molecule has 0 aliphatic rings. The molecule has 0 atom stereocenters. The van der Waals surface area contributed by atoms with Crippen LogP contribution < -0.4 is 0 Å². The van der Waals surface area contributed by atoms with E-state index >= 15 is 0 Å². The quantitative estimate of drug-likeness (QED) is 0.698. The zero-order valence-corrected chi connectivity index (χ0v) is 10.8. The lowest BCUT2D eigenvalue weighted by Crippen LogP contribution is -2.08. The van der Waals surface area contributed by atoms with Crippen molar-refractivity contribution in [3.05, 3.63) is 41.3 Å². The van der Waals surface area contributed by atoms with Crippen LogP contribution in [-0.2, 0) is 10.9 Å². The average Bonchev–Trinajstić information content (AvgIpc) is 2.87. The number of ether oxygens (including phenoxy) is 1. The summed E-state index contributed by atoms with van der Waals surface area (Å²) < 4.78 is 56.4. The van der Waals surface area contributed by atoms with Gasteiger partial charge >= 0.3 is 12.1 Å². The molecule has 0 unspecified atom stereocenters. The van der Waals surface area contributed by atoms with E-state index < -0.39 is 23.5 Å². The molecule has 1 heterocycles. The standard InChI is InChI=1S/C13H10F4N2O2/c1-2-21-12(20)11-6-10(18-19-11)8-4-3-7(14)5-9(8)13(15,16)17/h3-6H,2H2,1H3,(H,18,19). The summed E-state index contributed by atoms with van der Waals surface area (Å²) in [6.07, 6.45) is -4.74. The molecule has 1 aromatic heterocycles. The number of rotatable bonds is 3. The van der Waals surface area contributed by atoms with Gasteiger partial charge in [0.05, 0.1) is 17.9 Å². The van der Waals surface area contributed by atoms with E-state index in [-0.39, 0.29) is 23.6 Å². The highest BCUT2D eigenvalue weighted by molar-refractivity contribution is 5.88. The number of carbonyl (C=O) groups excluding carboxylic acids is 1. The molecule has 0 bridgehead atoms. The topological polar surface area (TPSA) is 55.0 Å². The number of alkyl halides is 3. The summed E-state index contributed by atoms with van der Waals surface area (Å²) in [5.41, 5.74) is -1.69. The van der Waals surface area contributed by atoms with Gasteiger partial charge in [-0.2, -0.15) is 18.3 Å². The number of esters is 1. The largest absolute Gasteiger partial charge is 0.461 e. The molecular formula is C13H10F4N2O2. The first-order valence-corrected chi connectivity index (χ1v) is 5.92. The Bertz CT molecular complexity index is 664. The van der Waals surface area contributed by atoms with E-state index in [1.54, 1.807) is 6.92 Å². The summed E-state index contributed by atoms with van der Waals surface area (Å²) in [6.45, 7) is 1.72. The van der Waals surface area contributed by atoms with Gasteiger partial charge in [-0.1, -0.05) is 0 Å². The number of halogens is 4. The normalized spacial score (nSPS) is 11.5. The highest BCUT2D eigenvalue weighted by Crippen LogP contribution is 2.37. The van der Waals surface area contributed by atoms with E-state index in [4.69, 9.17) is 4.74 Å². The molecule has 4 nitrogen and oxygen atoms in total. The van der Waals surface area contributed by atoms with Crippen LogP contribution in [0.4, 0.5) is 17.6 Å². The van der Waals surface area contributed by atoms with E-state index in [9.17, 15) is 22.4 Å². The Morgan fingerprint density at radius 2 is 2.05 bits per heavy atom. The molecule has 1 aromatic carbocycles. The maximum absolute atomic E-state index is 13.0. The minimum absolute atomic E-state index is 0.0794. The Kier molecular flexibility index (Phi) is 3.97. The molecule has 0 fully saturated rings. The molecular weight excluding hydrogens is 292 g/mol. The summed E-state index contributed by atoms with van der Waals surface area (Å²) in [5, 5.41) is 5.94. The van der Waals surface area contributed by atoms with E-state index in [0.29, 0.717) is 6.07 Å². The van der Waals surface area contributed by atoms with Gasteiger partial charge in [-0.25, -0.2) is 9.18 Å². The third-order valence-corrected chi connectivity index (χ3v) is 2.64. The van der Waals surface area contributed by atoms with Crippen molar-refractivity contribution in [3.63, 3.8) is 0 Å². The lowest BCUT2D eigenvalue weighted by atomic mass is 10.0. The van der Waals surface area contributed by atoms with Gasteiger partial charge in [0.25, 0.3) is 0 Å². The van der Waals surface area contributed by atoms with Crippen molar-refractivity contribution in [2.75, 3.05) is 6.61 Å². The van der Waals surface area contributed by atoms with Gasteiger partial charge in [0, 0.05) is 5.56 Å². The fourth-order valence-electron chi connectivity index (χ4n) is 1.75. The van der Waals surface area contributed by atoms with Crippen LogP contribution in [0.3, 0.4) is 0 Å². The van der Waals surface area contributed by atoms with E-state index in [1.807, 2.05) is 0 Å². The Balaban J connectivity index is 2.46. The highest BCUT2D eigenvalue weighted by Gasteiger charge is 2.34. The number of benzene rings is 1. The van der Waals surface area contributed by atoms with Crippen LogP contribution in [0, 0.1) is 5.82 Å². The summed E-state index contributed by atoms with van der Waals surface area (Å²) in [6, 6.07) is 3.36. The third kappa shape index (κ3) is 3.21. The monoisotopic (exact) mass is 302 g/mol. The number of hydrogen-bond acceptors (Lipinski definition) is 3. The smallest absolute Gasteiger partial charge is 0.417 e. The second-order valence-corrected chi connectivity index (χ2v) is 4.07. The number of aromatic amines is 1. The molecule has 0 amide bonds. The van der Waals surface area contributed by atoms with E-state index in [1.165, 1.54) is 0 Å². The van der Waals surface area contributed by atoms with E-state index in [0.717, 1.165) is 18.2 Å². The SMILES string of the molecule is CCOC(=O)c1cc(-c2ccc(F)cc2C(F)(F)F)n[nH]1. The van der Waals surface area contributed by atoms with Gasteiger partial charge in [-0.15, -0.1) is 0 Å². The Morgan fingerprint density at radius 1 is 1.33 bits per heavy atom. The van der Waals surface area contributed by atoms with Gasteiger partial charge in [-0.05, 0) is 31.2 Å². The molecule has 0 aliphatic carbocycles. The Morgan fingerprint density at radius 3 is 2.67 bits per heavy atom. The molecule has 21 heavy (non-hydrogen) atoms. The van der Waals surface area contributed by atoms with Crippen LogP contribution in [0.5, 0.6) is 0 Å². The van der Waals surface area contributed by atoms with Crippen molar-refractivity contribution in [3.8, 4) is 11.3 Å². The van der Waals surface area contributed by atoms with Crippen molar-refractivity contribution in [1.29, 1.82) is 0 Å². The minimum Gasteiger partial charge on any atom is -0.461 e. The number of nitrogens with one attached hydrogen (secondary N) is 1. The van der Waals surface area contributed by atoms with Crippen LogP contribution >= 0.6 is 0 Å². The summed E-state index contributed by atoms with van der Waals surface area (Å²) in [4.78, 5) is 11.4. The lowest BCUT2D eigenvalue weighted by Gasteiger charge is -2.11. The minimum atomic E-state index is -4.74. The van der Waals surface area contributed by atoms with Crippen LogP contribution in [0.15, 0.2) is 24.3 Å². The zero-order chi connectivity index (χ0) is 15.6. The first-order chi connectivity index (χ1) is 9.82. The van der Waals surface area contributed by atoms with Gasteiger partial charge in [0.2, 0.25) is 0 Å². The van der Waals surface area contributed by atoms with Crippen LogP contribution in [0.2, 0.25) is 0 Å². The molecule has 8 heteroatoms. The van der Waals surface area contributed by atoms with Gasteiger partial charge in [0.15, 0.2) is 0 Å². The summed E-state index contributed by atoms with van der Waals surface area (Å²) in [7, 11) is 0. The highest BCUT2D eigenvalue weighted by atomic mass is 19.4.